The number of nitrogens with zero attached hydrogens (tertiary/aromatic N) is 3. The zero-order chi connectivity index (χ0) is 17.8. The highest BCUT2D eigenvalue weighted by Crippen LogP contribution is 2.17. The summed E-state index contributed by atoms with van der Waals surface area (Å²) >= 11 is 0. The molecule has 0 spiro atoms. The summed E-state index contributed by atoms with van der Waals surface area (Å²) in [5, 5.41) is 4.23. The first-order valence-electron chi connectivity index (χ1n) is 7.53. The van der Waals surface area contributed by atoms with Crippen molar-refractivity contribution in [2.75, 3.05) is 5.73 Å². The van der Waals surface area contributed by atoms with E-state index in [1.807, 2.05) is 31.2 Å². The molecule has 0 aliphatic carbocycles. The molecule has 0 saturated heterocycles. The molecular formula is C18H16F2N4O. The van der Waals surface area contributed by atoms with E-state index in [2.05, 4.69) is 10.1 Å². The van der Waals surface area contributed by atoms with Crippen molar-refractivity contribution < 1.29 is 13.5 Å². The highest BCUT2D eigenvalue weighted by atomic mass is 19.1. The molecule has 3 rings (SSSR count). The molecule has 0 radical (unpaired) electrons. The maximum absolute atomic E-state index is 13.1. The molecule has 2 N–H and O–H groups in total. The Bertz CT molecular complexity index is 884. The van der Waals surface area contributed by atoms with Crippen LogP contribution in [0.15, 0.2) is 53.8 Å². The summed E-state index contributed by atoms with van der Waals surface area (Å²) in [5.41, 5.74) is 8.23. The quantitative estimate of drug-likeness (QED) is 0.722. The summed E-state index contributed by atoms with van der Waals surface area (Å²) in [4.78, 5) is 4.06. The number of rotatable bonds is 5. The normalized spacial score (nSPS) is 11.2. The van der Waals surface area contributed by atoms with Crippen LogP contribution in [0.4, 0.5) is 14.7 Å². The molecule has 5 nitrogen and oxygen atoms in total. The van der Waals surface area contributed by atoms with Crippen molar-refractivity contribution in [2.45, 2.75) is 13.5 Å². The van der Waals surface area contributed by atoms with Crippen LogP contribution in [0.2, 0.25) is 0 Å². The maximum Gasteiger partial charge on any atom is 0.221 e. The van der Waals surface area contributed by atoms with Crippen LogP contribution in [0.3, 0.4) is 0 Å². The van der Waals surface area contributed by atoms with Gasteiger partial charge in [0.2, 0.25) is 5.95 Å². The lowest BCUT2D eigenvalue weighted by Crippen LogP contribution is -1.98. The maximum atomic E-state index is 13.1. The van der Waals surface area contributed by atoms with Gasteiger partial charge in [0.05, 0.1) is 18.1 Å². The van der Waals surface area contributed by atoms with Crippen molar-refractivity contribution in [3.05, 3.63) is 77.1 Å². The molecule has 1 heterocycles. The molecule has 7 heteroatoms. The lowest BCUT2D eigenvalue weighted by atomic mass is 10.1. The van der Waals surface area contributed by atoms with E-state index in [0.29, 0.717) is 5.95 Å². The molecule has 0 aliphatic rings. The Balaban J connectivity index is 1.63. The summed E-state index contributed by atoms with van der Waals surface area (Å²) in [6.45, 7) is 2.04. The minimum atomic E-state index is -0.671. The monoisotopic (exact) mass is 342 g/mol. The smallest absolute Gasteiger partial charge is 0.221 e. The number of aryl methyl sites for hydroxylation is 1. The van der Waals surface area contributed by atoms with E-state index < -0.39 is 11.6 Å². The van der Waals surface area contributed by atoms with E-state index in [9.17, 15) is 8.78 Å². The van der Waals surface area contributed by atoms with Crippen molar-refractivity contribution in [3.63, 3.8) is 0 Å². The van der Waals surface area contributed by atoms with Crippen LogP contribution in [0, 0.1) is 18.6 Å². The number of nitrogen functional groups attached to an aromatic ring is 1. The lowest BCUT2D eigenvalue weighted by Gasteiger charge is -2.07. The first-order valence-corrected chi connectivity index (χ1v) is 7.53. The Kier molecular flexibility index (Phi) is 4.74. The van der Waals surface area contributed by atoms with Crippen LogP contribution in [0.1, 0.15) is 16.8 Å². The number of imidazole rings is 1. The number of nitrogens with two attached hydrogens (primary N) is 1. The fraction of sp³-hybridized carbons (Fsp3) is 0.111. The van der Waals surface area contributed by atoms with Gasteiger partial charge in [-0.05, 0) is 18.1 Å². The van der Waals surface area contributed by atoms with Crippen molar-refractivity contribution >= 4 is 12.2 Å². The van der Waals surface area contributed by atoms with Crippen LogP contribution in [0.5, 0.6) is 5.75 Å². The molecule has 2 aromatic carbocycles. The minimum Gasteiger partial charge on any atom is -0.489 e. The molecule has 0 saturated carbocycles. The highest BCUT2D eigenvalue weighted by molar-refractivity contribution is 5.79. The largest absolute Gasteiger partial charge is 0.489 e. The van der Waals surface area contributed by atoms with Crippen molar-refractivity contribution in [1.82, 2.24) is 9.66 Å². The van der Waals surface area contributed by atoms with Gasteiger partial charge in [-0.3, -0.25) is 0 Å². The van der Waals surface area contributed by atoms with Gasteiger partial charge in [-0.25, -0.2) is 18.4 Å². The average Bonchev–Trinajstić information content (AvgIpc) is 2.89. The average molecular weight is 342 g/mol. The second-order valence-electron chi connectivity index (χ2n) is 5.47. The molecule has 128 valence electrons. The van der Waals surface area contributed by atoms with E-state index in [1.54, 1.807) is 12.4 Å². The second-order valence-corrected chi connectivity index (χ2v) is 5.47. The molecule has 0 aliphatic heterocycles. The van der Waals surface area contributed by atoms with Gasteiger partial charge >= 0.3 is 0 Å². The molecule has 0 unspecified atom stereocenters. The number of benzene rings is 2. The minimum absolute atomic E-state index is 0.147. The number of halogens is 2. The zero-order valence-corrected chi connectivity index (χ0v) is 13.5. The Hall–Kier alpha value is -3.22. The van der Waals surface area contributed by atoms with Crippen molar-refractivity contribution in [1.29, 1.82) is 0 Å². The van der Waals surface area contributed by atoms with E-state index in [0.717, 1.165) is 35.0 Å². The summed E-state index contributed by atoms with van der Waals surface area (Å²) in [6, 6.07) is 10.5. The fourth-order valence-corrected chi connectivity index (χ4v) is 2.20. The van der Waals surface area contributed by atoms with Gasteiger partial charge in [-0.15, -0.1) is 0 Å². The Morgan fingerprint density at radius 2 is 1.84 bits per heavy atom. The predicted molar refractivity (Wildman–Crippen MR) is 91.5 cm³/mol. The van der Waals surface area contributed by atoms with Gasteiger partial charge in [-0.2, -0.15) is 5.10 Å². The van der Waals surface area contributed by atoms with Gasteiger partial charge in [-0.1, -0.05) is 24.3 Å². The zero-order valence-electron chi connectivity index (χ0n) is 13.5. The summed E-state index contributed by atoms with van der Waals surface area (Å²) in [5.74, 6) is -0.874. The SMILES string of the molecule is Cc1cn(N=Cc2ccc(COc3cc(F)cc(F)c3)cc2)c(N)n1. The lowest BCUT2D eigenvalue weighted by molar-refractivity contribution is 0.302. The molecular weight excluding hydrogens is 326 g/mol. The van der Waals surface area contributed by atoms with Crippen LogP contribution >= 0.6 is 0 Å². The van der Waals surface area contributed by atoms with Crippen LogP contribution in [-0.2, 0) is 6.61 Å². The summed E-state index contributed by atoms with van der Waals surface area (Å²) in [7, 11) is 0. The first-order chi connectivity index (χ1) is 12.0. The van der Waals surface area contributed by atoms with Crippen molar-refractivity contribution in [2.24, 2.45) is 5.10 Å². The highest BCUT2D eigenvalue weighted by Gasteiger charge is 2.02. The fourth-order valence-electron chi connectivity index (χ4n) is 2.20. The van der Waals surface area contributed by atoms with Gasteiger partial charge in [0.25, 0.3) is 0 Å². The number of anilines is 1. The molecule has 3 aromatic rings. The molecule has 0 atom stereocenters. The second kappa shape index (κ2) is 7.12. The van der Waals surface area contributed by atoms with E-state index >= 15 is 0 Å². The van der Waals surface area contributed by atoms with Crippen LogP contribution < -0.4 is 10.5 Å². The van der Waals surface area contributed by atoms with E-state index in [4.69, 9.17) is 10.5 Å². The Morgan fingerprint density at radius 3 is 2.44 bits per heavy atom. The number of ether oxygens (including phenoxy) is 1. The van der Waals surface area contributed by atoms with Crippen molar-refractivity contribution in [3.8, 4) is 5.75 Å². The molecule has 25 heavy (non-hydrogen) atoms. The number of hydrogen-bond donors (Lipinski definition) is 1. The molecule has 0 amide bonds. The number of hydrogen-bond acceptors (Lipinski definition) is 4. The van der Waals surface area contributed by atoms with Gasteiger partial charge in [0.1, 0.15) is 24.0 Å². The predicted octanol–water partition coefficient (Wildman–Crippen LogP) is 3.51. The van der Waals surface area contributed by atoms with E-state index in [-0.39, 0.29) is 12.4 Å². The summed E-state index contributed by atoms with van der Waals surface area (Å²) < 4.78 is 33.1. The number of aromatic nitrogens is 2. The van der Waals surface area contributed by atoms with Gasteiger partial charge in [0, 0.05) is 18.2 Å². The van der Waals surface area contributed by atoms with Gasteiger partial charge < -0.3 is 10.5 Å². The molecule has 0 fully saturated rings. The van der Waals surface area contributed by atoms with Crippen LogP contribution in [-0.4, -0.2) is 15.9 Å². The standard InChI is InChI=1S/C18H16F2N4O/c1-12-10-24(18(21)23-12)22-9-13-2-4-14(5-3-13)11-25-17-7-15(19)6-16(20)8-17/h2-10H,11H2,1H3,(H2,21,23). The third kappa shape index (κ3) is 4.41. The topological polar surface area (TPSA) is 65.4 Å². The third-order valence-electron chi connectivity index (χ3n) is 3.39. The van der Waals surface area contributed by atoms with Crippen LogP contribution in [0.25, 0.3) is 0 Å². The Labute approximate surface area is 143 Å². The van der Waals surface area contributed by atoms with Gasteiger partial charge in [0.15, 0.2) is 0 Å². The summed E-state index contributed by atoms with van der Waals surface area (Å²) in [6.07, 6.45) is 3.39. The molecule has 1 aromatic heterocycles. The first kappa shape index (κ1) is 16.6. The molecule has 0 bridgehead atoms. The third-order valence-corrected chi connectivity index (χ3v) is 3.39. The van der Waals surface area contributed by atoms with E-state index in [1.165, 1.54) is 4.68 Å². The Morgan fingerprint density at radius 1 is 1.16 bits per heavy atom.